The van der Waals surface area contributed by atoms with Crippen LogP contribution in [0.1, 0.15) is 17.8 Å². The summed E-state index contributed by atoms with van der Waals surface area (Å²) in [7, 11) is 5.75. The fourth-order valence-corrected chi connectivity index (χ4v) is 3.53. The van der Waals surface area contributed by atoms with Gasteiger partial charge in [0.15, 0.2) is 0 Å². The zero-order chi connectivity index (χ0) is 19.8. The van der Waals surface area contributed by atoms with Crippen molar-refractivity contribution in [3.8, 4) is 0 Å². The van der Waals surface area contributed by atoms with Gasteiger partial charge in [0.1, 0.15) is 5.82 Å². The molecular formula is C18H24F3N5O. The zero-order valence-corrected chi connectivity index (χ0v) is 15.7. The summed E-state index contributed by atoms with van der Waals surface area (Å²) in [5.41, 5.74) is 0.135. The Labute approximate surface area is 155 Å². The van der Waals surface area contributed by atoms with E-state index in [4.69, 9.17) is 0 Å². The molecule has 2 aromatic rings. The molecule has 148 valence electrons. The van der Waals surface area contributed by atoms with Gasteiger partial charge < -0.3 is 19.7 Å². The summed E-state index contributed by atoms with van der Waals surface area (Å²) in [4.78, 5) is 20.5. The topological polar surface area (TPSA) is 53.4 Å². The Bertz CT molecular complexity index is 830. The normalized spacial score (nSPS) is 17.9. The Balaban J connectivity index is 1.65. The number of nitrogens with one attached hydrogen (secondary N) is 1. The van der Waals surface area contributed by atoms with Crippen molar-refractivity contribution in [2.75, 3.05) is 33.7 Å². The Hall–Kier alpha value is -2.29. The summed E-state index contributed by atoms with van der Waals surface area (Å²) < 4.78 is 40.3. The first-order valence-electron chi connectivity index (χ1n) is 8.85. The maximum atomic E-state index is 12.9. The van der Waals surface area contributed by atoms with E-state index >= 15 is 0 Å². The summed E-state index contributed by atoms with van der Waals surface area (Å²) in [6.45, 7) is 2.53. The minimum absolute atomic E-state index is 0.167. The number of hydrogen-bond acceptors (Lipinski definition) is 3. The third-order valence-corrected chi connectivity index (χ3v) is 4.89. The number of hydrogen-bond donors (Lipinski definition) is 1. The summed E-state index contributed by atoms with van der Waals surface area (Å²) in [6.07, 6.45) is -3.43. The van der Waals surface area contributed by atoms with E-state index in [0.29, 0.717) is 30.3 Å². The number of aryl methyl sites for hydroxylation is 1. The maximum absolute atomic E-state index is 12.9. The molecule has 1 aromatic heterocycles. The Kier molecular flexibility index (Phi) is 5.32. The molecule has 1 aromatic carbocycles. The number of nitrogens with zero attached hydrogens (tertiary/aromatic N) is 4. The summed E-state index contributed by atoms with van der Waals surface area (Å²) >= 11 is 0. The highest BCUT2D eigenvalue weighted by atomic mass is 19.4. The fourth-order valence-electron chi connectivity index (χ4n) is 3.53. The Morgan fingerprint density at radius 2 is 2.11 bits per heavy atom. The van der Waals surface area contributed by atoms with Crippen molar-refractivity contribution in [1.82, 2.24) is 24.7 Å². The van der Waals surface area contributed by atoms with Gasteiger partial charge in [-0.25, -0.2) is 9.78 Å². The average Bonchev–Trinajstić information content (AvgIpc) is 3.16. The van der Waals surface area contributed by atoms with E-state index in [1.54, 1.807) is 16.5 Å². The first-order valence-corrected chi connectivity index (χ1v) is 8.85. The van der Waals surface area contributed by atoms with Gasteiger partial charge in [0.05, 0.1) is 23.1 Å². The van der Waals surface area contributed by atoms with Crippen LogP contribution in [0.25, 0.3) is 11.0 Å². The molecule has 1 saturated heterocycles. The number of carbonyl (C=O) groups is 1. The van der Waals surface area contributed by atoms with E-state index in [1.807, 2.05) is 14.1 Å². The van der Waals surface area contributed by atoms with Crippen molar-refractivity contribution in [3.63, 3.8) is 0 Å². The number of urea groups is 1. The number of carbonyl (C=O) groups excluding carboxylic acids is 1. The van der Waals surface area contributed by atoms with E-state index in [0.717, 1.165) is 25.1 Å². The molecule has 0 radical (unpaired) electrons. The number of imidazole rings is 1. The second-order valence-corrected chi connectivity index (χ2v) is 7.31. The van der Waals surface area contributed by atoms with Crippen molar-refractivity contribution in [1.29, 1.82) is 0 Å². The van der Waals surface area contributed by atoms with Gasteiger partial charge >= 0.3 is 12.2 Å². The van der Waals surface area contributed by atoms with Gasteiger partial charge in [-0.05, 0) is 44.6 Å². The summed E-state index contributed by atoms with van der Waals surface area (Å²) in [6, 6.07) is 3.32. The van der Waals surface area contributed by atoms with Crippen molar-refractivity contribution in [2.24, 2.45) is 13.0 Å². The number of halogens is 3. The molecule has 0 aliphatic carbocycles. The highest BCUT2D eigenvalue weighted by Gasteiger charge is 2.31. The van der Waals surface area contributed by atoms with Crippen molar-refractivity contribution >= 4 is 17.1 Å². The number of aromatic nitrogens is 2. The second kappa shape index (κ2) is 7.38. The number of fused-ring (bicyclic) bond motifs is 1. The molecule has 6 nitrogen and oxygen atoms in total. The first kappa shape index (κ1) is 19.5. The van der Waals surface area contributed by atoms with Crippen LogP contribution in [0.4, 0.5) is 18.0 Å². The SMILES string of the molecule is CN(C)C[C@H]1CCN(C(=O)NCc2nc3cc(C(F)(F)F)ccc3n2C)C1. The molecule has 1 aliphatic heterocycles. The first-order chi connectivity index (χ1) is 12.6. The minimum Gasteiger partial charge on any atom is -0.331 e. The van der Waals surface area contributed by atoms with Crippen LogP contribution in [0.2, 0.25) is 0 Å². The van der Waals surface area contributed by atoms with Gasteiger partial charge in [-0.15, -0.1) is 0 Å². The fraction of sp³-hybridized carbons (Fsp3) is 0.556. The molecule has 0 unspecified atom stereocenters. The molecule has 1 atom stereocenters. The van der Waals surface area contributed by atoms with Crippen LogP contribution in [0, 0.1) is 5.92 Å². The molecule has 1 aliphatic rings. The number of likely N-dealkylation sites (tertiary alicyclic amines) is 1. The molecule has 1 fully saturated rings. The lowest BCUT2D eigenvalue weighted by Crippen LogP contribution is -2.39. The molecule has 0 bridgehead atoms. The average molecular weight is 383 g/mol. The highest BCUT2D eigenvalue weighted by molar-refractivity contribution is 5.77. The monoisotopic (exact) mass is 383 g/mol. The van der Waals surface area contributed by atoms with Crippen LogP contribution in [0.3, 0.4) is 0 Å². The van der Waals surface area contributed by atoms with E-state index < -0.39 is 11.7 Å². The molecule has 0 saturated carbocycles. The van der Waals surface area contributed by atoms with E-state index in [1.165, 1.54) is 6.07 Å². The van der Waals surface area contributed by atoms with E-state index in [2.05, 4.69) is 15.2 Å². The van der Waals surface area contributed by atoms with E-state index in [-0.39, 0.29) is 18.1 Å². The maximum Gasteiger partial charge on any atom is 0.416 e. The lowest BCUT2D eigenvalue weighted by molar-refractivity contribution is -0.137. The van der Waals surface area contributed by atoms with Crippen LogP contribution >= 0.6 is 0 Å². The van der Waals surface area contributed by atoms with Gasteiger partial charge in [-0.3, -0.25) is 0 Å². The van der Waals surface area contributed by atoms with E-state index in [9.17, 15) is 18.0 Å². The second-order valence-electron chi connectivity index (χ2n) is 7.31. The molecule has 2 heterocycles. The summed E-state index contributed by atoms with van der Waals surface area (Å²) in [5.74, 6) is 0.976. The van der Waals surface area contributed by atoms with Crippen LogP contribution in [0.15, 0.2) is 18.2 Å². The van der Waals surface area contributed by atoms with Crippen molar-refractivity contribution < 1.29 is 18.0 Å². The quantitative estimate of drug-likeness (QED) is 0.883. The van der Waals surface area contributed by atoms with Crippen LogP contribution in [0.5, 0.6) is 0 Å². The molecule has 1 N–H and O–H groups in total. The van der Waals surface area contributed by atoms with Gasteiger partial charge in [0.25, 0.3) is 0 Å². The molecule has 3 rings (SSSR count). The van der Waals surface area contributed by atoms with Crippen LogP contribution < -0.4 is 5.32 Å². The Morgan fingerprint density at radius 3 is 2.78 bits per heavy atom. The summed E-state index contributed by atoms with van der Waals surface area (Å²) in [5, 5.41) is 2.83. The largest absolute Gasteiger partial charge is 0.416 e. The van der Waals surface area contributed by atoms with Crippen LogP contribution in [-0.4, -0.2) is 59.1 Å². The van der Waals surface area contributed by atoms with Gasteiger partial charge in [0, 0.05) is 26.7 Å². The predicted octanol–water partition coefficient (Wildman–Crippen LogP) is 2.69. The lowest BCUT2D eigenvalue weighted by Gasteiger charge is -2.19. The number of rotatable bonds is 4. The van der Waals surface area contributed by atoms with Gasteiger partial charge in [-0.1, -0.05) is 0 Å². The lowest BCUT2D eigenvalue weighted by atomic mass is 10.1. The number of amides is 2. The van der Waals surface area contributed by atoms with Crippen molar-refractivity contribution in [2.45, 2.75) is 19.1 Å². The Morgan fingerprint density at radius 1 is 1.37 bits per heavy atom. The number of alkyl halides is 3. The predicted molar refractivity (Wildman–Crippen MR) is 96.2 cm³/mol. The molecule has 0 spiro atoms. The van der Waals surface area contributed by atoms with Gasteiger partial charge in [0.2, 0.25) is 0 Å². The third kappa shape index (κ3) is 4.35. The third-order valence-electron chi connectivity index (χ3n) is 4.89. The highest BCUT2D eigenvalue weighted by Crippen LogP contribution is 2.31. The molecule has 9 heteroatoms. The standard InChI is InChI=1S/C18H24F3N5O/c1-24(2)10-12-6-7-26(11-12)17(27)22-9-16-23-14-8-13(18(19,20)21)4-5-15(14)25(16)3/h4-5,8,12H,6-7,9-11H2,1-3H3,(H,22,27)/t12-/m1/s1. The van der Waals surface area contributed by atoms with Gasteiger partial charge in [-0.2, -0.15) is 13.2 Å². The molecule has 2 amide bonds. The minimum atomic E-state index is -4.40. The molecule has 27 heavy (non-hydrogen) atoms. The van der Waals surface area contributed by atoms with Crippen LogP contribution in [-0.2, 0) is 19.8 Å². The number of benzene rings is 1. The smallest absolute Gasteiger partial charge is 0.331 e. The van der Waals surface area contributed by atoms with Crippen molar-refractivity contribution in [3.05, 3.63) is 29.6 Å². The zero-order valence-electron chi connectivity index (χ0n) is 15.7. The molecular weight excluding hydrogens is 359 g/mol.